The van der Waals surface area contributed by atoms with E-state index in [0.717, 1.165) is 70.6 Å². The van der Waals surface area contributed by atoms with Crippen LogP contribution in [0, 0.1) is 0 Å². The Kier molecular flexibility index (Phi) is 73.1. The molecule has 0 aromatic rings. The van der Waals surface area contributed by atoms with E-state index in [1.807, 2.05) is 21.1 Å². The number of carbonyl (C=O) groups excluding carboxylic acids is 2. The molecule has 0 aliphatic rings. The van der Waals surface area contributed by atoms with Crippen molar-refractivity contribution in [1.82, 2.24) is 0 Å². The van der Waals surface area contributed by atoms with Crippen molar-refractivity contribution < 1.29 is 42.1 Å². The van der Waals surface area contributed by atoms with Gasteiger partial charge in [-0.3, -0.25) is 14.2 Å². The van der Waals surface area contributed by atoms with Gasteiger partial charge in [0.15, 0.2) is 6.10 Å². The molecule has 0 fully saturated rings. The first-order valence-electron chi connectivity index (χ1n) is 41.0. The molecule has 0 aliphatic carbocycles. The monoisotopic (exact) mass is 1340 g/mol. The quantitative estimate of drug-likeness (QED) is 0.0195. The highest BCUT2D eigenvalue weighted by atomic mass is 31.2. The van der Waals surface area contributed by atoms with Crippen LogP contribution in [0.5, 0.6) is 0 Å². The maximum absolute atomic E-state index is 12.9. The molecule has 2 unspecified atom stereocenters. The molecule has 0 saturated carbocycles. The summed E-state index contributed by atoms with van der Waals surface area (Å²) in [5, 5.41) is 0. The minimum absolute atomic E-state index is 0.0303. The van der Waals surface area contributed by atoms with E-state index in [1.54, 1.807) is 0 Å². The fourth-order valence-corrected chi connectivity index (χ4v) is 13.1. The number of ether oxygens (including phenoxy) is 2. The van der Waals surface area contributed by atoms with E-state index in [4.69, 9.17) is 18.5 Å². The van der Waals surface area contributed by atoms with E-state index in [2.05, 4.69) is 74.6 Å². The van der Waals surface area contributed by atoms with Crippen molar-refractivity contribution in [3.8, 4) is 0 Å². The van der Waals surface area contributed by atoms with Gasteiger partial charge in [0.05, 0.1) is 27.7 Å². The van der Waals surface area contributed by atoms with Crippen LogP contribution in [0.3, 0.4) is 0 Å². The van der Waals surface area contributed by atoms with Gasteiger partial charge >= 0.3 is 11.9 Å². The number of carbonyl (C=O) groups is 2. The lowest BCUT2D eigenvalue weighted by Gasteiger charge is -2.28. The highest BCUT2D eigenvalue weighted by molar-refractivity contribution is 7.45. The third-order valence-corrected chi connectivity index (χ3v) is 19.5. The lowest BCUT2D eigenvalue weighted by atomic mass is 10.0. The van der Waals surface area contributed by atoms with Crippen molar-refractivity contribution in [2.45, 2.75) is 418 Å². The number of hydrogen-bond donors (Lipinski definition) is 0. The lowest BCUT2D eigenvalue weighted by molar-refractivity contribution is -0.870. The van der Waals surface area contributed by atoms with Gasteiger partial charge in [0.2, 0.25) is 0 Å². The molecule has 0 radical (unpaired) electrons. The maximum atomic E-state index is 12.9. The van der Waals surface area contributed by atoms with Gasteiger partial charge in [-0.1, -0.05) is 402 Å². The van der Waals surface area contributed by atoms with Crippen molar-refractivity contribution in [3.05, 3.63) is 60.8 Å². The highest BCUT2D eigenvalue weighted by Gasteiger charge is 2.22. The molecular formula is C84H158NO8P. The number of quaternary nitrogens is 1. The second kappa shape index (κ2) is 74.9. The van der Waals surface area contributed by atoms with Crippen LogP contribution in [0.15, 0.2) is 60.8 Å². The van der Waals surface area contributed by atoms with Crippen LogP contribution in [0.4, 0.5) is 0 Å². The zero-order valence-corrected chi connectivity index (χ0v) is 64.1. The summed E-state index contributed by atoms with van der Waals surface area (Å²) in [4.78, 5) is 38.2. The molecular weight excluding hydrogens is 1180 g/mol. The average Bonchev–Trinajstić information content (AvgIpc) is 1.65. The predicted molar refractivity (Wildman–Crippen MR) is 407 cm³/mol. The Morgan fingerprint density at radius 2 is 0.606 bits per heavy atom. The fourth-order valence-electron chi connectivity index (χ4n) is 12.3. The molecule has 9 nitrogen and oxygen atoms in total. The third kappa shape index (κ3) is 78.7. The number of rotatable bonds is 77. The minimum atomic E-state index is -4.65. The third-order valence-electron chi connectivity index (χ3n) is 18.6. The van der Waals surface area contributed by atoms with Crippen LogP contribution in [-0.4, -0.2) is 70.0 Å². The molecule has 0 N–H and O–H groups in total. The first-order chi connectivity index (χ1) is 46.0. The van der Waals surface area contributed by atoms with E-state index >= 15 is 0 Å². The number of phosphoric ester groups is 1. The van der Waals surface area contributed by atoms with Gasteiger partial charge in [0, 0.05) is 12.8 Å². The smallest absolute Gasteiger partial charge is 0.306 e. The van der Waals surface area contributed by atoms with Crippen LogP contribution in [0.2, 0.25) is 0 Å². The molecule has 0 aliphatic heterocycles. The van der Waals surface area contributed by atoms with Gasteiger partial charge < -0.3 is 27.9 Å². The minimum Gasteiger partial charge on any atom is -0.756 e. The Bertz CT molecular complexity index is 1770. The second-order valence-electron chi connectivity index (χ2n) is 29.1. The Morgan fingerprint density at radius 3 is 0.904 bits per heavy atom. The summed E-state index contributed by atoms with van der Waals surface area (Å²) >= 11 is 0. The number of unbranched alkanes of at least 4 members (excludes halogenated alkanes) is 53. The molecule has 0 heterocycles. The standard InChI is InChI=1S/C84H158NO8P/c1-6-8-10-12-14-16-18-20-22-24-26-28-30-32-34-36-37-38-39-40-41-42-43-44-45-46-47-49-50-52-54-56-58-60-62-64-66-68-70-72-74-76-83(86)90-80-82(81-92-94(88,89)91-79-78-85(3,4)5)93-84(87)77-75-73-71-69-67-65-63-61-59-57-55-53-51-48-35-33-31-29-27-25-23-21-19-17-15-13-11-9-7-2/h9,11,15,17,21,23,27,29,33,35,82H,6-8,10,12-14,16,18-20,22,24-26,28,30-32,34,36-81H2,1-5H3/b11-9-,17-15-,23-21-,29-27-,35-33-. The molecule has 552 valence electrons. The van der Waals surface area contributed by atoms with Crippen LogP contribution in [0.25, 0.3) is 0 Å². The molecule has 2 atom stereocenters. The molecule has 0 spiro atoms. The summed E-state index contributed by atoms with van der Waals surface area (Å²) < 4.78 is 34.4. The van der Waals surface area contributed by atoms with Crippen LogP contribution in [-0.2, 0) is 32.7 Å². The zero-order valence-electron chi connectivity index (χ0n) is 63.2. The van der Waals surface area contributed by atoms with E-state index in [9.17, 15) is 19.0 Å². The van der Waals surface area contributed by atoms with Gasteiger partial charge in [-0.2, -0.15) is 0 Å². The first kappa shape index (κ1) is 91.7. The van der Waals surface area contributed by atoms with Crippen molar-refractivity contribution >= 4 is 19.8 Å². The summed E-state index contributed by atoms with van der Waals surface area (Å²) in [6.45, 7) is 4.19. The number of likely N-dealkylation sites (N-methyl/N-ethyl adjacent to an activating group) is 1. The zero-order chi connectivity index (χ0) is 68.3. The molecule has 10 heteroatoms. The van der Waals surface area contributed by atoms with Crippen LogP contribution < -0.4 is 4.89 Å². The number of esters is 2. The van der Waals surface area contributed by atoms with Gasteiger partial charge in [-0.05, 0) is 57.8 Å². The van der Waals surface area contributed by atoms with Crippen molar-refractivity contribution in [3.63, 3.8) is 0 Å². The molecule has 0 rings (SSSR count). The van der Waals surface area contributed by atoms with Gasteiger partial charge in [0.1, 0.15) is 19.8 Å². The molecule has 0 bridgehead atoms. The van der Waals surface area contributed by atoms with E-state index in [0.29, 0.717) is 17.4 Å². The maximum Gasteiger partial charge on any atom is 0.306 e. The Labute approximate surface area is 585 Å². The van der Waals surface area contributed by atoms with Crippen molar-refractivity contribution in [2.75, 3.05) is 47.5 Å². The second-order valence-corrected chi connectivity index (χ2v) is 30.5. The van der Waals surface area contributed by atoms with Gasteiger partial charge in [-0.25, -0.2) is 0 Å². The normalized spacial score (nSPS) is 13.3. The Balaban J connectivity index is 3.87. The molecule has 0 aromatic heterocycles. The fraction of sp³-hybridized carbons (Fsp3) is 0.857. The van der Waals surface area contributed by atoms with Crippen molar-refractivity contribution in [2.24, 2.45) is 0 Å². The van der Waals surface area contributed by atoms with Crippen molar-refractivity contribution in [1.29, 1.82) is 0 Å². The van der Waals surface area contributed by atoms with Gasteiger partial charge in [-0.15, -0.1) is 0 Å². The number of nitrogens with zero attached hydrogens (tertiary/aromatic N) is 1. The Morgan fingerprint density at radius 1 is 0.340 bits per heavy atom. The average molecular weight is 1340 g/mol. The van der Waals surface area contributed by atoms with Gasteiger partial charge in [0.25, 0.3) is 7.82 Å². The number of phosphoric acid groups is 1. The molecule has 0 saturated heterocycles. The summed E-state index contributed by atoms with van der Waals surface area (Å²) in [7, 11) is 1.18. The first-order valence-corrected chi connectivity index (χ1v) is 42.5. The summed E-state index contributed by atoms with van der Waals surface area (Å²) in [6.07, 6.45) is 101. The SMILES string of the molecule is CC/C=C\C/C=C\C/C=C\C/C=C\C/C=C\CCCCCCCCCCCCCCCC(=O)OC(COC(=O)CCCCCCCCCCCCCCCCCCCCCCCCCCCCCCCCCCCCCCCCCCC)COP(=O)([O-])OCC[N+](C)(C)C. The topological polar surface area (TPSA) is 111 Å². The summed E-state index contributed by atoms with van der Waals surface area (Å²) in [6, 6.07) is 0. The predicted octanol–water partition coefficient (Wildman–Crippen LogP) is 26.7. The van der Waals surface area contributed by atoms with Crippen LogP contribution in [0.1, 0.15) is 412 Å². The van der Waals surface area contributed by atoms with Crippen LogP contribution >= 0.6 is 7.82 Å². The summed E-state index contributed by atoms with van der Waals surface area (Å²) in [5.74, 6) is -0.816. The number of allylic oxidation sites excluding steroid dienone is 10. The Hall–Kier alpha value is -2.29. The molecule has 0 amide bonds. The largest absolute Gasteiger partial charge is 0.756 e. The molecule has 0 aromatic carbocycles. The number of hydrogen-bond acceptors (Lipinski definition) is 8. The molecule has 94 heavy (non-hydrogen) atoms. The highest BCUT2D eigenvalue weighted by Crippen LogP contribution is 2.38. The summed E-state index contributed by atoms with van der Waals surface area (Å²) in [5.41, 5.74) is 0. The van der Waals surface area contributed by atoms with E-state index in [1.165, 1.54) is 308 Å². The van der Waals surface area contributed by atoms with E-state index in [-0.39, 0.29) is 32.0 Å². The van der Waals surface area contributed by atoms with E-state index < -0.39 is 26.5 Å². The lowest BCUT2D eigenvalue weighted by Crippen LogP contribution is -2.37.